The number of aromatic nitrogens is 1. The average molecular weight is 258 g/mol. The molecule has 0 saturated carbocycles. The van der Waals surface area contributed by atoms with E-state index in [4.69, 9.17) is 11.6 Å². The van der Waals surface area contributed by atoms with Crippen LogP contribution in [0.4, 0.5) is 10.2 Å². The number of pyridine rings is 1. The van der Waals surface area contributed by atoms with Crippen LogP contribution in [0.25, 0.3) is 0 Å². The number of hydrogen-bond donors (Lipinski definition) is 1. The van der Waals surface area contributed by atoms with Crippen molar-refractivity contribution in [1.29, 1.82) is 0 Å². The Morgan fingerprint density at radius 1 is 1.65 bits per heavy atom. The maximum Gasteiger partial charge on any atom is 0.167 e. The summed E-state index contributed by atoms with van der Waals surface area (Å²) in [5, 5.41) is 3.67. The number of halogens is 2. The molecular formula is C12H17ClFN3. The SMILES string of the molecule is CCN(c1ncc(Cl)cc1F)C1CCCNC1. The van der Waals surface area contributed by atoms with Gasteiger partial charge in [-0.3, -0.25) is 0 Å². The molecule has 1 aliphatic heterocycles. The zero-order chi connectivity index (χ0) is 12.3. The molecule has 1 aromatic rings. The van der Waals surface area contributed by atoms with Crippen LogP contribution in [0.2, 0.25) is 5.02 Å². The van der Waals surface area contributed by atoms with E-state index >= 15 is 0 Å². The Kier molecular flexibility index (Phi) is 4.18. The first-order chi connectivity index (χ1) is 8.22. The molecule has 1 fully saturated rings. The highest BCUT2D eigenvalue weighted by Gasteiger charge is 2.23. The van der Waals surface area contributed by atoms with Gasteiger partial charge in [-0.05, 0) is 32.4 Å². The van der Waals surface area contributed by atoms with Crippen molar-refractivity contribution in [3.63, 3.8) is 0 Å². The van der Waals surface area contributed by atoms with Crippen molar-refractivity contribution in [2.24, 2.45) is 0 Å². The second-order valence-electron chi connectivity index (χ2n) is 4.25. The third-order valence-electron chi connectivity index (χ3n) is 3.11. The molecule has 2 heterocycles. The normalized spacial score (nSPS) is 20.3. The van der Waals surface area contributed by atoms with Crippen LogP contribution in [-0.2, 0) is 0 Å². The van der Waals surface area contributed by atoms with Gasteiger partial charge in [0.1, 0.15) is 0 Å². The summed E-state index contributed by atoms with van der Waals surface area (Å²) >= 11 is 5.72. The molecule has 0 aliphatic carbocycles. The maximum atomic E-state index is 13.8. The summed E-state index contributed by atoms with van der Waals surface area (Å²) in [7, 11) is 0. The fourth-order valence-corrected chi connectivity index (χ4v) is 2.44. The van der Waals surface area contributed by atoms with Crippen molar-refractivity contribution in [2.75, 3.05) is 24.5 Å². The summed E-state index contributed by atoms with van der Waals surface area (Å²) in [4.78, 5) is 6.13. The highest BCUT2D eigenvalue weighted by molar-refractivity contribution is 6.30. The molecule has 0 amide bonds. The molecule has 0 aromatic carbocycles. The van der Waals surface area contributed by atoms with Gasteiger partial charge in [-0.25, -0.2) is 9.37 Å². The number of rotatable bonds is 3. The van der Waals surface area contributed by atoms with E-state index in [9.17, 15) is 4.39 Å². The third kappa shape index (κ3) is 2.87. The highest BCUT2D eigenvalue weighted by atomic mass is 35.5. The second kappa shape index (κ2) is 5.65. The highest BCUT2D eigenvalue weighted by Crippen LogP contribution is 2.23. The Morgan fingerprint density at radius 2 is 2.47 bits per heavy atom. The summed E-state index contributed by atoms with van der Waals surface area (Å²) in [6.07, 6.45) is 3.69. The molecule has 17 heavy (non-hydrogen) atoms. The minimum Gasteiger partial charge on any atom is -0.350 e. The lowest BCUT2D eigenvalue weighted by atomic mass is 10.1. The predicted molar refractivity (Wildman–Crippen MR) is 68.1 cm³/mol. The number of hydrogen-bond acceptors (Lipinski definition) is 3. The van der Waals surface area contributed by atoms with E-state index < -0.39 is 0 Å². The molecule has 3 nitrogen and oxygen atoms in total. The summed E-state index contributed by atoms with van der Waals surface area (Å²) < 4.78 is 13.8. The number of piperidine rings is 1. The second-order valence-corrected chi connectivity index (χ2v) is 4.68. The van der Waals surface area contributed by atoms with Crippen molar-refractivity contribution >= 4 is 17.4 Å². The Bertz CT molecular complexity index is 380. The minimum absolute atomic E-state index is 0.317. The molecule has 0 bridgehead atoms. The van der Waals surface area contributed by atoms with Crippen molar-refractivity contribution in [3.05, 3.63) is 23.1 Å². The molecule has 0 radical (unpaired) electrons. The Morgan fingerprint density at radius 3 is 3.06 bits per heavy atom. The van der Waals surface area contributed by atoms with Crippen molar-refractivity contribution in [1.82, 2.24) is 10.3 Å². The van der Waals surface area contributed by atoms with E-state index in [2.05, 4.69) is 10.3 Å². The van der Waals surface area contributed by atoms with Crippen LogP contribution in [0.15, 0.2) is 12.3 Å². The monoisotopic (exact) mass is 257 g/mol. The van der Waals surface area contributed by atoms with E-state index in [1.165, 1.54) is 12.3 Å². The van der Waals surface area contributed by atoms with Gasteiger partial charge in [-0.2, -0.15) is 0 Å². The van der Waals surface area contributed by atoms with Gasteiger partial charge in [0.15, 0.2) is 11.6 Å². The van der Waals surface area contributed by atoms with Gasteiger partial charge >= 0.3 is 0 Å². The third-order valence-corrected chi connectivity index (χ3v) is 3.32. The number of nitrogens with one attached hydrogen (secondary N) is 1. The quantitative estimate of drug-likeness (QED) is 0.902. The molecule has 2 rings (SSSR count). The predicted octanol–water partition coefficient (Wildman–Crippen LogP) is 2.45. The lowest BCUT2D eigenvalue weighted by Gasteiger charge is -2.34. The van der Waals surface area contributed by atoms with Crippen LogP contribution < -0.4 is 10.2 Å². The van der Waals surface area contributed by atoms with Crippen LogP contribution in [0.1, 0.15) is 19.8 Å². The molecule has 1 N–H and O–H groups in total. The van der Waals surface area contributed by atoms with E-state index in [0.717, 1.165) is 32.5 Å². The van der Waals surface area contributed by atoms with E-state index in [1.54, 1.807) is 0 Å². The fourth-order valence-electron chi connectivity index (χ4n) is 2.30. The topological polar surface area (TPSA) is 28.2 Å². The first-order valence-corrected chi connectivity index (χ1v) is 6.38. The smallest absolute Gasteiger partial charge is 0.167 e. The molecule has 1 aliphatic rings. The zero-order valence-electron chi connectivity index (χ0n) is 9.92. The lowest BCUT2D eigenvalue weighted by molar-refractivity contribution is 0.429. The van der Waals surface area contributed by atoms with Gasteiger partial charge in [-0.1, -0.05) is 11.6 Å². The van der Waals surface area contributed by atoms with Crippen LogP contribution >= 0.6 is 11.6 Å². The molecular weight excluding hydrogens is 241 g/mol. The van der Waals surface area contributed by atoms with E-state index in [1.807, 2.05) is 11.8 Å². The first-order valence-electron chi connectivity index (χ1n) is 6.00. The van der Waals surface area contributed by atoms with Crippen LogP contribution in [0.3, 0.4) is 0 Å². The van der Waals surface area contributed by atoms with Gasteiger partial charge in [0.05, 0.1) is 5.02 Å². The zero-order valence-corrected chi connectivity index (χ0v) is 10.7. The summed E-state index contributed by atoms with van der Waals surface area (Å²) in [6.45, 7) is 4.70. The summed E-state index contributed by atoms with van der Waals surface area (Å²) in [5.41, 5.74) is 0. The van der Waals surface area contributed by atoms with Crippen LogP contribution in [0, 0.1) is 5.82 Å². The van der Waals surface area contributed by atoms with Crippen molar-refractivity contribution < 1.29 is 4.39 Å². The van der Waals surface area contributed by atoms with Gasteiger partial charge in [0, 0.05) is 25.3 Å². The van der Waals surface area contributed by atoms with Crippen molar-refractivity contribution in [2.45, 2.75) is 25.8 Å². The van der Waals surface area contributed by atoms with Crippen LogP contribution in [0.5, 0.6) is 0 Å². The Hall–Kier alpha value is -0.870. The van der Waals surface area contributed by atoms with Gasteiger partial charge in [0.2, 0.25) is 0 Å². The van der Waals surface area contributed by atoms with Crippen molar-refractivity contribution in [3.8, 4) is 0 Å². The van der Waals surface area contributed by atoms with Gasteiger partial charge < -0.3 is 10.2 Å². The molecule has 94 valence electrons. The average Bonchev–Trinajstić information content (AvgIpc) is 2.34. The summed E-state index contributed by atoms with van der Waals surface area (Å²) in [5.74, 6) is 0.0653. The number of likely N-dealkylation sites (N-methyl/N-ethyl adjacent to an activating group) is 1. The number of nitrogens with zero attached hydrogens (tertiary/aromatic N) is 2. The molecule has 1 saturated heterocycles. The van der Waals surface area contributed by atoms with E-state index in [-0.39, 0.29) is 5.82 Å². The molecule has 5 heteroatoms. The molecule has 1 unspecified atom stereocenters. The fraction of sp³-hybridized carbons (Fsp3) is 0.583. The maximum absolute atomic E-state index is 13.8. The standard InChI is InChI=1S/C12H17ClFN3/c1-2-17(10-4-3-5-15-8-10)12-11(14)6-9(13)7-16-12/h6-7,10,15H,2-5,8H2,1H3. The first kappa shape index (κ1) is 12.6. The minimum atomic E-state index is -0.343. The molecule has 1 aromatic heterocycles. The van der Waals surface area contributed by atoms with Crippen LogP contribution in [-0.4, -0.2) is 30.7 Å². The van der Waals surface area contributed by atoms with E-state index in [0.29, 0.717) is 16.9 Å². The van der Waals surface area contributed by atoms with Gasteiger partial charge in [0.25, 0.3) is 0 Å². The number of anilines is 1. The summed E-state index contributed by atoms with van der Waals surface area (Å²) in [6, 6.07) is 1.64. The Balaban J connectivity index is 2.21. The largest absolute Gasteiger partial charge is 0.350 e. The molecule has 0 spiro atoms. The lowest BCUT2D eigenvalue weighted by Crippen LogP contribution is -2.46. The Labute approximate surface area is 106 Å². The van der Waals surface area contributed by atoms with Gasteiger partial charge in [-0.15, -0.1) is 0 Å². The molecule has 1 atom stereocenters.